The lowest BCUT2D eigenvalue weighted by molar-refractivity contribution is 0.438. The first-order chi connectivity index (χ1) is 7.59. The van der Waals surface area contributed by atoms with E-state index in [1.165, 1.54) is 0 Å². The Morgan fingerprint density at radius 3 is 2.81 bits per heavy atom. The lowest BCUT2D eigenvalue weighted by Crippen LogP contribution is -1.98. The highest BCUT2D eigenvalue weighted by atomic mass is 16.5. The second-order valence-electron chi connectivity index (χ2n) is 4.38. The average molecular weight is 220 g/mol. The van der Waals surface area contributed by atoms with Gasteiger partial charge in [0, 0.05) is 16.8 Å². The molecule has 2 aromatic heterocycles. The number of hydrogen-bond donors (Lipinski definition) is 2. The van der Waals surface area contributed by atoms with Crippen LogP contribution in [0.1, 0.15) is 25.1 Å². The minimum atomic E-state index is 0.407. The van der Waals surface area contributed by atoms with Crippen molar-refractivity contribution >= 4 is 5.88 Å². The number of H-pyrrole nitrogens is 1. The number of nitrogens with one attached hydrogen (secondary N) is 1. The minimum Gasteiger partial charge on any atom is -0.367 e. The van der Waals surface area contributed by atoms with Crippen molar-refractivity contribution in [2.75, 3.05) is 5.73 Å². The van der Waals surface area contributed by atoms with E-state index in [0.29, 0.717) is 11.8 Å². The Morgan fingerprint density at radius 2 is 2.25 bits per heavy atom. The highest BCUT2D eigenvalue weighted by Gasteiger charge is 2.18. The largest absolute Gasteiger partial charge is 0.367 e. The summed E-state index contributed by atoms with van der Waals surface area (Å²) in [5.41, 5.74) is 9.49. The molecule has 16 heavy (non-hydrogen) atoms. The van der Waals surface area contributed by atoms with Gasteiger partial charge in [0.2, 0.25) is 5.88 Å². The maximum absolute atomic E-state index is 5.79. The van der Waals surface area contributed by atoms with Crippen molar-refractivity contribution in [1.82, 2.24) is 15.4 Å². The Balaban J connectivity index is 2.46. The van der Waals surface area contributed by atoms with Crippen molar-refractivity contribution in [3.05, 3.63) is 17.5 Å². The van der Waals surface area contributed by atoms with Gasteiger partial charge in [0.25, 0.3) is 0 Å². The van der Waals surface area contributed by atoms with Crippen molar-refractivity contribution < 1.29 is 4.52 Å². The molecule has 0 saturated heterocycles. The summed E-state index contributed by atoms with van der Waals surface area (Å²) in [6, 6.07) is 0. The van der Waals surface area contributed by atoms with Gasteiger partial charge in [-0.05, 0) is 19.3 Å². The Kier molecular flexibility index (Phi) is 2.68. The highest BCUT2D eigenvalue weighted by molar-refractivity contribution is 5.68. The van der Waals surface area contributed by atoms with Crippen LogP contribution >= 0.6 is 0 Å². The molecule has 0 aliphatic rings. The third kappa shape index (κ3) is 1.80. The maximum Gasteiger partial charge on any atom is 0.225 e. The molecule has 0 bridgehead atoms. The number of aryl methyl sites for hydroxylation is 1. The van der Waals surface area contributed by atoms with E-state index >= 15 is 0 Å². The lowest BCUT2D eigenvalue weighted by Gasteiger charge is -2.04. The van der Waals surface area contributed by atoms with Gasteiger partial charge in [-0.1, -0.05) is 19.0 Å². The third-order valence-electron chi connectivity index (χ3n) is 2.52. The molecule has 5 heteroatoms. The Bertz CT molecular complexity index is 484. The van der Waals surface area contributed by atoms with E-state index in [0.717, 1.165) is 28.9 Å². The second-order valence-corrected chi connectivity index (χ2v) is 4.38. The van der Waals surface area contributed by atoms with E-state index in [-0.39, 0.29) is 0 Å². The number of aromatic amines is 1. The molecule has 2 heterocycles. The quantitative estimate of drug-likeness (QED) is 0.830. The van der Waals surface area contributed by atoms with Crippen LogP contribution in [0.4, 0.5) is 5.88 Å². The molecule has 0 unspecified atom stereocenters. The predicted molar refractivity (Wildman–Crippen MR) is 61.8 cm³/mol. The van der Waals surface area contributed by atoms with Crippen LogP contribution in [-0.4, -0.2) is 15.4 Å². The van der Waals surface area contributed by atoms with Crippen LogP contribution in [0.3, 0.4) is 0 Å². The fraction of sp³-hybridized carbons (Fsp3) is 0.455. The zero-order chi connectivity index (χ0) is 11.7. The fourth-order valence-electron chi connectivity index (χ4n) is 1.73. The number of nitrogens with zero attached hydrogens (tertiary/aromatic N) is 2. The van der Waals surface area contributed by atoms with Gasteiger partial charge >= 0.3 is 0 Å². The molecule has 0 amide bonds. The summed E-state index contributed by atoms with van der Waals surface area (Å²) < 4.78 is 5.06. The summed E-state index contributed by atoms with van der Waals surface area (Å²) in [7, 11) is 0. The number of hydrogen-bond acceptors (Lipinski definition) is 4. The van der Waals surface area contributed by atoms with Crippen LogP contribution in [0.2, 0.25) is 0 Å². The molecular weight excluding hydrogens is 204 g/mol. The van der Waals surface area contributed by atoms with Gasteiger partial charge in [0.15, 0.2) is 0 Å². The zero-order valence-corrected chi connectivity index (χ0v) is 9.74. The third-order valence-corrected chi connectivity index (χ3v) is 2.52. The first kappa shape index (κ1) is 10.7. The number of nitrogen functional groups attached to an aromatic ring is 1. The first-order valence-electron chi connectivity index (χ1n) is 5.34. The molecule has 0 atom stereocenters. The van der Waals surface area contributed by atoms with Crippen molar-refractivity contribution in [3.8, 4) is 11.3 Å². The van der Waals surface area contributed by atoms with Crippen molar-refractivity contribution in [3.63, 3.8) is 0 Å². The molecule has 0 fully saturated rings. The zero-order valence-electron chi connectivity index (χ0n) is 9.74. The minimum absolute atomic E-state index is 0.407. The summed E-state index contributed by atoms with van der Waals surface area (Å²) >= 11 is 0. The summed E-state index contributed by atoms with van der Waals surface area (Å²) in [5, 5.41) is 10.9. The highest BCUT2D eigenvalue weighted by Crippen LogP contribution is 2.30. The van der Waals surface area contributed by atoms with E-state index in [1.54, 1.807) is 6.20 Å². The fourth-order valence-corrected chi connectivity index (χ4v) is 1.73. The van der Waals surface area contributed by atoms with Crippen LogP contribution in [-0.2, 0) is 6.42 Å². The van der Waals surface area contributed by atoms with Gasteiger partial charge in [0.05, 0.1) is 6.20 Å². The number of nitrogens with two attached hydrogens (primary N) is 1. The molecule has 0 spiro atoms. The Hall–Kier alpha value is -1.78. The molecule has 0 saturated carbocycles. The van der Waals surface area contributed by atoms with Crippen LogP contribution in [0, 0.1) is 12.8 Å². The molecule has 0 aliphatic carbocycles. The SMILES string of the molecule is Cc1[nH]ncc1-c1noc(N)c1CC(C)C. The van der Waals surface area contributed by atoms with Crippen LogP contribution in [0.15, 0.2) is 10.7 Å². The van der Waals surface area contributed by atoms with Crippen molar-refractivity contribution in [2.45, 2.75) is 27.2 Å². The number of aromatic nitrogens is 3. The normalized spacial score (nSPS) is 11.2. The average Bonchev–Trinajstić information content (AvgIpc) is 2.75. The van der Waals surface area contributed by atoms with Gasteiger partial charge in [-0.25, -0.2) is 0 Å². The van der Waals surface area contributed by atoms with Crippen molar-refractivity contribution in [2.24, 2.45) is 5.92 Å². The lowest BCUT2D eigenvalue weighted by atomic mass is 10.00. The topological polar surface area (TPSA) is 80.7 Å². The molecule has 2 aromatic rings. The van der Waals surface area contributed by atoms with Crippen LogP contribution in [0.25, 0.3) is 11.3 Å². The molecule has 0 aliphatic heterocycles. The van der Waals surface area contributed by atoms with Crippen LogP contribution < -0.4 is 5.73 Å². The van der Waals surface area contributed by atoms with Gasteiger partial charge in [0.1, 0.15) is 5.69 Å². The van der Waals surface area contributed by atoms with Gasteiger partial charge < -0.3 is 10.3 Å². The summed E-state index contributed by atoms with van der Waals surface area (Å²) in [6.07, 6.45) is 2.60. The molecule has 0 aromatic carbocycles. The van der Waals surface area contributed by atoms with Gasteiger partial charge in [-0.3, -0.25) is 5.10 Å². The van der Waals surface area contributed by atoms with E-state index in [2.05, 4.69) is 29.2 Å². The summed E-state index contributed by atoms with van der Waals surface area (Å²) in [6.45, 7) is 6.23. The monoisotopic (exact) mass is 220 g/mol. The van der Waals surface area contributed by atoms with Gasteiger partial charge in [-0.15, -0.1) is 0 Å². The van der Waals surface area contributed by atoms with E-state index in [9.17, 15) is 0 Å². The molecule has 3 N–H and O–H groups in total. The predicted octanol–water partition coefficient (Wildman–Crippen LogP) is 2.15. The molecule has 5 nitrogen and oxygen atoms in total. The summed E-state index contributed by atoms with van der Waals surface area (Å²) in [4.78, 5) is 0. The Morgan fingerprint density at radius 1 is 1.50 bits per heavy atom. The van der Waals surface area contributed by atoms with E-state index < -0.39 is 0 Å². The maximum atomic E-state index is 5.79. The Labute approximate surface area is 94.0 Å². The first-order valence-corrected chi connectivity index (χ1v) is 5.34. The number of anilines is 1. The number of rotatable bonds is 3. The molecule has 2 rings (SSSR count). The van der Waals surface area contributed by atoms with Crippen LogP contribution in [0.5, 0.6) is 0 Å². The van der Waals surface area contributed by atoms with E-state index in [1.807, 2.05) is 6.92 Å². The molecule has 86 valence electrons. The van der Waals surface area contributed by atoms with Gasteiger partial charge in [-0.2, -0.15) is 5.10 Å². The molecular formula is C11H16N4O. The standard InChI is InChI=1S/C11H16N4O/c1-6(2)4-8-10(15-16-11(8)12)9-5-13-14-7(9)3/h5-6H,4,12H2,1-3H3,(H,13,14). The molecule has 0 radical (unpaired) electrons. The second kappa shape index (κ2) is 4.00. The van der Waals surface area contributed by atoms with E-state index in [4.69, 9.17) is 10.3 Å². The summed E-state index contributed by atoms with van der Waals surface area (Å²) in [5.74, 6) is 0.914. The van der Waals surface area contributed by atoms with Crippen molar-refractivity contribution in [1.29, 1.82) is 0 Å². The smallest absolute Gasteiger partial charge is 0.225 e.